The summed E-state index contributed by atoms with van der Waals surface area (Å²) in [7, 11) is -3.82. The maximum Gasteiger partial charge on any atom is 0.277 e. The first-order valence-electron chi connectivity index (χ1n) is 9.34. The third-order valence-corrected chi connectivity index (χ3v) is 7.18. The van der Waals surface area contributed by atoms with Gasteiger partial charge in [-0.05, 0) is 25.0 Å². The second-order valence-corrected chi connectivity index (χ2v) is 8.96. The van der Waals surface area contributed by atoms with Crippen LogP contribution >= 0.6 is 0 Å². The maximum absolute atomic E-state index is 13.9. The van der Waals surface area contributed by atoms with E-state index in [4.69, 9.17) is 0 Å². The van der Waals surface area contributed by atoms with Gasteiger partial charge in [0.1, 0.15) is 10.7 Å². The van der Waals surface area contributed by atoms with E-state index < -0.39 is 15.8 Å². The molecule has 1 aromatic rings. The molecule has 0 unspecified atom stereocenters. The molecule has 0 radical (unpaired) electrons. The van der Waals surface area contributed by atoms with Gasteiger partial charge in [-0.15, -0.1) is 0 Å². The summed E-state index contributed by atoms with van der Waals surface area (Å²) < 4.78 is 40.4. The van der Waals surface area contributed by atoms with E-state index in [1.54, 1.807) is 0 Å². The number of amides is 1. The minimum Gasteiger partial charge on any atom is -0.338 e. The normalized spacial score (nSPS) is 20.7. The molecule has 6 nitrogen and oxygen atoms in total. The molecule has 2 aliphatic heterocycles. The van der Waals surface area contributed by atoms with Crippen molar-refractivity contribution >= 4 is 15.9 Å². The van der Waals surface area contributed by atoms with Gasteiger partial charge >= 0.3 is 0 Å². The third kappa shape index (κ3) is 4.42. The largest absolute Gasteiger partial charge is 0.338 e. The average molecular weight is 384 g/mol. The number of carbonyl (C=O) groups is 1. The van der Waals surface area contributed by atoms with E-state index in [1.807, 2.05) is 4.90 Å². The molecule has 1 N–H and O–H groups in total. The topological polar surface area (TPSA) is 62.1 Å². The van der Waals surface area contributed by atoms with E-state index in [1.165, 1.54) is 35.3 Å². The first-order valence-corrected chi connectivity index (χ1v) is 10.8. The second-order valence-electron chi connectivity index (χ2n) is 7.06. The zero-order valence-electron chi connectivity index (χ0n) is 15.0. The Bertz CT molecular complexity index is 725. The molecule has 1 aromatic carbocycles. The number of hydrogen-bond acceptors (Lipinski definition) is 3. The fourth-order valence-corrected chi connectivity index (χ4v) is 5.16. The molecular formula is C18H27FN3O3S+. The first-order chi connectivity index (χ1) is 12.5. The highest BCUT2D eigenvalue weighted by Crippen LogP contribution is 2.18. The smallest absolute Gasteiger partial charge is 0.277 e. The van der Waals surface area contributed by atoms with Crippen molar-refractivity contribution in [3.8, 4) is 0 Å². The summed E-state index contributed by atoms with van der Waals surface area (Å²) in [6, 6.07) is 5.46. The molecule has 0 spiro atoms. The van der Waals surface area contributed by atoms with E-state index in [9.17, 15) is 17.6 Å². The molecule has 0 aromatic heterocycles. The minimum atomic E-state index is -3.82. The SMILES string of the molecule is O=C(C[NH+]1CCN(S(=O)(=O)c2ccccc2F)CC1)N1CCCCCC1. The summed E-state index contributed by atoms with van der Waals surface area (Å²) >= 11 is 0. The van der Waals surface area contributed by atoms with Crippen LogP contribution in [0.15, 0.2) is 29.2 Å². The molecule has 0 aliphatic carbocycles. The molecule has 26 heavy (non-hydrogen) atoms. The van der Waals surface area contributed by atoms with Gasteiger partial charge in [0.2, 0.25) is 10.0 Å². The van der Waals surface area contributed by atoms with Crippen molar-refractivity contribution in [2.24, 2.45) is 0 Å². The average Bonchev–Trinajstić information content (AvgIpc) is 2.92. The predicted molar refractivity (Wildman–Crippen MR) is 95.8 cm³/mol. The summed E-state index contributed by atoms with van der Waals surface area (Å²) in [4.78, 5) is 15.3. The molecule has 8 heteroatoms. The molecule has 0 atom stereocenters. The molecule has 3 rings (SSSR count). The van der Waals surface area contributed by atoms with Crippen LogP contribution in [0.1, 0.15) is 25.7 Å². The summed E-state index contributed by atoms with van der Waals surface area (Å²) in [6.07, 6.45) is 4.50. The Balaban J connectivity index is 1.55. The predicted octanol–water partition coefficient (Wildman–Crippen LogP) is 0.118. The number of hydrogen-bond donors (Lipinski definition) is 1. The van der Waals surface area contributed by atoms with Crippen LogP contribution in [0.3, 0.4) is 0 Å². The molecular weight excluding hydrogens is 357 g/mol. The lowest BCUT2D eigenvalue weighted by molar-refractivity contribution is -0.896. The van der Waals surface area contributed by atoms with Gasteiger partial charge in [-0.1, -0.05) is 25.0 Å². The first kappa shape index (κ1) is 19.3. The quantitative estimate of drug-likeness (QED) is 0.802. The minimum absolute atomic E-state index is 0.160. The van der Waals surface area contributed by atoms with E-state index >= 15 is 0 Å². The zero-order chi connectivity index (χ0) is 18.6. The Morgan fingerprint density at radius 1 is 1.00 bits per heavy atom. The van der Waals surface area contributed by atoms with Gasteiger partial charge in [0.05, 0.1) is 26.2 Å². The standard InChI is InChI=1S/C18H26FN3O3S/c19-16-7-3-4-8-17(16)26(24,25)22-13-11-20(12-14-22)15-18(23)21-9-5-1-2-6-10-21/h3-4,7-8H,1-2,5-6,9-15H2/p+1. The number of nitrogens with one attached hydrogen (secondary N) is 1. The molecule has 2 fully saturated rings. The van der Waals surface area contributed by atoms with Crippen LogP contribution < -0.4 is 4.90 Å². The van der Waals surface area contributed by atoms with Gasteiger partial charge in [-0.2, -0.15) is 4.31 Å². The van der Waals surface area contributed by atoms with Gasteiger partial charge in [-0.25, -0.2) is 12.8 Å². The Morgan fingerprint density at radius 2 is 1.62 bits per heavy atom. The van der Waals surface area contributed by atoms with Crippen molar-refractivity contribution in [2.75, 3.05) is 45.8 Å². The van der Waals surface area contributed by atoms with E-state index in [-0.39, 0.29) is 10.8 Å². The third-order valence-electron chi connectivity index (χ3n) is 5.24. The van der Waals surface area contributed by atoms with Gasteiger partial charge in [-0.3, -0.25) is 4.79 Å². The number of rotatable bonds is 4. The summed E-state index contributed by atoms with van der Waals surface area (Å²) in [5.41, 5.74) is 0. The lowest BCUT2D eigenvalue weighted by Gasteiger charge is -2.32. The van der Waals surface area contributed by atoms with Crippen LogP contribution in [0.5, 0.6) is 0 Å². The maximum atomic E-state index is 13.9. The Morgan fingerprint density at radius 3 is 2.23 bits per heavy atom. The van der Waals surface area contributed by atoms with Crippen molar-refractivity contribution in [2.45, 2.75) is 30.6 Å². The Hall–Kier alpha value is -1.51. The summed E-state index contributed by atoms with van der Waals surface area (Å²) in [6.45, 7) is 3.81. The van der Waals surface area contributed by atoms with Gasteiger partial charge in [0.15, 0.2) is 6.54 Å². The van der Waals surface area contributed by atoms with Crippen LogP contribution in [0.25, 0.3) is 0 Å². The van der Waals surface area contributed by atoms with Crippen LogP contribution in [-0.4, -0.2) is 69.3 Å². The van der Waals surface area contributed by atoms with Crippen molar-refractivity contribution in [3.63, 3.8) is 0 Å². The van der Waals surface area contributed by atoms with Crippen molar-refractivity contribution in [1.82, 2.24) is 9.21 Å². The molecule has 2 saturated heterocycles. The molecule has 1 amide bonds. The number of halogens is 1. The Kier molecular flexibility index (Phi) is 6.26. The highest BCUT2D eigenvalue weighted by atomic mass is 32.2. The second kappa shape index (κ2) is 8.45. The van der Waals surface area contributed by atoms with Gasteiger partial charge < -0.3 is 9.80 Å². The monoisotopic (exact) mass is 384 g/mol. The van der Waals surface area contributed by atoms with Crippen LogP contribution in [0.2, 0.25) is 0 Å². The fraction of sp³-hybridized carbons (Fsp3) is 0.611. The van der Waals surface area contributed by atoms with Crippen LogP contribution in [0, 0.1) is 5.82 Å². The number of benzene rings is 1. The van der Waals surface area contributed by atoms with Gasteiger partial charge in [0.25, 0.3) is 5.91 Å². The summed E-state index contributed by atoms with van der Waals surface area (Å²) in [5.74, 6) is -0.564. The molecule has 2 heterocycles. The van der Waals surface area contributed by atoms with Gasteiger partial charge in [0, 0.05) is 13.1 Å². The fourth-order valence-electron chi connectivity index (χ4n) is 3.66. The van der Waals surface area contributed by atoms with Crippen molar-refractivity contribution < 1.29 is 22.5 Å². The number of piperazine rings is 1. The number of likely N-dealkylation sites (tertiary alicyclic amines) is 1. The molecule has 2 aliphatic rings. The summed E-state index contributed by atoms with van der Waals surface area (Å²) in [5, 5.41) is 0. The van der Waals surface area contributed by atoms with E-state index in [0.29, 0.717) is 32.7 Å². The van der Waals surface area contributed by atoms with E-state index in [0.717, 1.165) is 36.9 Å². The zero-order valence-corrected chi connectivity index (χ0v) is 15.8. The van der Waals surface area contributed by atoms with Crippen molar-refractivity contribution in [3.05, 3.63) is 30.1 Å². The highest BCUT2D eigenvalue weighted by Gasteiger charge is 2.33. The molecule has 144 valence electrons. The number of sulfonamides is 1. The molecule has 0 saturated carbocycles. The lowest BCUT2D eigenvalue weighted by Crippen LogP contribution is -3.15. The number of quaternary nitrogens is 1. The Labute approximate surface area is 154 Å². The van der Waals surface area contributed by atoms with Crippen LogP contribution in [0.4, 0.5) is 4.39 Å². The van der Waals surface area contributed by atoms with Crippen LogP contribution in [-0.2, 0) is 14.8 Å². The van der Waals surface area contributed by atoms with E-state index in [2.05, 4.69) is 0 Å². The lowest BCUT2D eigenvalue weighted by atomic mass is 10.2. The van der Waals surface area contributed by atoms with Crippen molar-refractivity contribution in [1.29, 1.82) is 0 Å². The molecule has 0 bridgehead atoms. The highest BCUT2D eigenvalue weighted by molar-refractivity contribution is 7.89. The number of nitrogens with zero attached hydrogens (tertiary/aromatic N) is 2. The number of carbonyl (C=O) groups excluding carboxylic acids is 1.